The number of halogens is 1. The topological polar surface area (TPSA) is 41.1 Å². The van der Waals surface area contributed by atoms with E-state index < -0.39 is 5.82 Å². The highest BCUT2D eigenvalue weighted by Crippen LogP contribution is 2.18. The number of hydrogen-bond acceptors (Lipinski definition) is 2. The van der Waals surface area contributed by atoms with Gasteiger partial charge >= 0.3 is 0 Å². The molecule has 0 aromatic heterocycles. The highest BCUT2D eigenvalue weighted by molar-refractivity contribution is 5.91. The van der Waals surface area contributed by atoms with Gasteiger partial charge in [0.25, 0.3) is 0 Å². The van der Waals surface area contributed by atoms with Gasteiger partial charge in [-0.3, -0.25) is 4.79 Å². The number of rotatable bonds is 5. The summed E-state index contributed by atoms with van der Waals surface area (Å²) in [4.78, 5) is 11.5. The molecule has 1 aromatic carbocycles. The summed E-state index contributed by atoms with van der Waals surface area (Å²) in [6.45, 7) is 5.17. The maximum Gasteiger partial charge on any atom is 0.225 e. The van der Waals surface area contributed by atoms with E-state index in [0.29, 0.717) is 13.0 Å². The van der Waals surface area contributed by atoms with E-state index in [1.165, 1.54) is 6.07 Å². The first-order valence-electron chi connectivity index (χ1n) is 5.40. The number of benzene rings is 1. The summed E-state index contributed by atoms with van der Waals surface area (Å²) < 4.78 is 13.4. The Balaban J connectivity index is 2.56. The molecule has 0 unspecified atom stereocenters. The van der Waals surface area contributed by atoms with Gasteiger partial charge in [0.15, 0.2) is 0 Å². The third-order valence-corrected chi connectivity index (χ3v) is 2.27. The van der Waals surface area contributed by atoms with Gasteiger partial charge in [0, 0.05) is 13.0 Å². The quantitative estimate of drug-likeness (QED) is 0.752. The van der Waals surface area contributed by atoms with Gasteiger partial charge in [0.2, 0.25) is 5.91 Å². The number of amides is 1. The van der Waals surface area contributed by atoms with E-state index >= 15 is 0 Å². The van der Waals surface area contributed by atoms with Gasteiger partial charge in [-0.25, -0.2) is 4.39 Å². The average Bonchev–Trinajstić information content (AvgIpc) is 2.24. The molecule has 0 aliphatic rings. The normalized spacial score (nSPS) is 10.2. The molecular formula is C12H17FN2O. The van der Waals surface area contributed by atoms with Crippen molar-refractivity contribution in [2.24, 2.45) is 0 Å². The minimum absolute atomic E-state index is 0.172. The fraction of sp³-hybridized carbons (Fsp3) is 0.417. The predicted molar refractivity (Wildman–Crippen MR) is 62.9 cm³/mol. The summed E-state index contributed by atoms with van der Waals surface area (Å²) in [6, 6.07) is 4.73. The monoisotopic (exact) mass is 224 g/mol. The Morgan fingerprint density at radius 2 is 2.19 bits per heavy atom. The molecule has 4 heteroatoms. The summed E-state index contributed by atoms with van der Waals surface area (Å²) in [5, 5.41) is 5.62. The Hall–Kier alpha value is -1.42. The van der Waals surface area contributed by atoms with Crippen molar-refractivity contribution in [3.8, 4) is 0 Å². The van der Waals surface area contributed by atoms with Crippen LogP contribution >= 0.6 is 0 Å². The molecule has 0 spiro atoms. The Bertz CT molecular complexity index is 346. The second-order valence-electron chi connectivity index (χ2n) is 3.58. The number of hydrogen-bond donors (Lipinski definition) is 2. The maximum atomic E-state index is 13.4. The van der Waals surface area contributed by atoms with Crippen LogP contribution in [0.5, 0.6) is 0 Å². The molecule has 0 radical (unpaired) electrons. The molecular weight excluding hydrogens is 207 g/mol. The van der Waals surface area contributed by atoms with E-state index in [-0.39, 0.29) is 11.6 Å². The van der Waals surface area contributed by atoms with E-state index in [1.54, 1.807) is 19.1 Å². The Morgan fingerprint density at radius 1 is 1.44 bits per heavy atom. The lowest BCUT2D eigenvalue weighted by atomic mass is 10.2. The molecule has 0 saturated heterocycles. The van der Waals surface area contributed by atoms with Crippen LogP contribution in [0.3, 0.4) is 0 Å². The first-order chi connectivity index (χ1) is 7.65. The van der Waals surface area contributed by atoms with Crippen LogP contribution in [0.4, 0.5) is 10.1 Å². The first kappa shape index (κ1) is 12.6. The molecule has 16 heavy (non-hydrogen) atoms. The van der Waals surface area contributed by atoms with Crippen molar-refractivity contribution < 1.29 is 9.18 Å². The van der Waals surface area contributed by atoms with Crippen LogP contribution in [-0.4, -0.2) is 19.0 Å². The minimum Gasteiger partial charge on any atom is -0.323 e. The lowest BCUT2D eigenvalue weighted by Gasteiger charge is -2.09. The number of nitrogens with one attached hydrogen (secondary N) is 2. The average molecular weight is 224 g/mol. The third-order valence-electron chi connectivity index (χ3n) is 2.27. The Kier molecular flexibility index (Phi) is 4.92. The van der Waals surface area contributed by atoms with Crippen LogP contribution in [0.25, 0.3) is 0 Å². The third kappa shape index (κ3) is 3.62. The second-order valence-corrected chi connectivity index (χ2v) is 3.58. The van der Waals surface area contributed by atoms with Crippen molar-refractivity contribution >= 4 is 11.6 Å². The second kappa shape index (κ2) is 6.23. The SMILES string of the molecule is CCNCCC(=O)Nc1c(C)cccc1F. The molecule has 3 nitrogen and oxygen atoms in total. The molecule has 0 saturated carbocycles. The van der Waals surface area contributed by atoms with Crippen molar-refractivity contribution in [1.82, 2.24) is 5.32 Å². The van der Waals surface area contributed by atoms with Crippen LogP contribution in [0, 0.1) is 12.7 Å². The van der Waals surface area contributed by atoms with Crippen molar-refractivity contribution in [1.29, 1.82) is 0 Å². The zero-order valence-corrected chi connectivity index (χ0v) is 9.64. The van der Waals surface area contributed by atoms with Crippen molar-refractivity contribution in [2.45, 2.75) is 20.3 Å². The van der Waals surface area contributed by atoms with E-state index in [1.807, 2.05) is 6.92 Å². The molecule has 1 aromatic rings. The van der Waals surface area contributed by atoms with Crippen molar-refractivity contribution in [3.05, 3.63) is 29.6 Å². The molecule has 2 N–H and O–H groups in total. The summed E-state index contributed by atoms with van der Waals surface area (Å²) in [7, 11) is 0. The number of anilines is 1. The van der Waals surface area contributed by atoms with Gasteiger partial charge in [-0.2, -0.15) is 0 Å². The van der Waals surface area contributed by atoms with Crippen LogP contribution in [0.2, 0.25) is 0 Å². The van der Waals surface area contributed by atoms with Crippen molar-refractivity contribution in [3.63, 3.8) is 0 Å². The summed E-state index contributed by atoms with van der Waals surface area (Å²) >= 11 is 0. The standard InChI is InChI=1S/C12H17FN2O/c1-3-14-8-7-11(16)15-12-9(2)5-4-6-10(12)13/h4-6,14H,3,7-8H2,1-2H3,(H,15,16). The first-order valence-corrected chi connectivity index (χ1v) is 5.40. The fourth-order valence-corrected chi connectivity index (χ4v) is 1.37. The van der Waals surface area contributed by atoms with Gasteiger partial charge in [-0.15, -0.1) is 0 Å². The van der Waals surface area contributed by atoms with Crippen LogP contribution in [-0.2, 0) is 4.79 Å². The smallest absolute Gasteiger partial charge is 0.225 e. The molecule has 0 aliphatic carbocycles. The summed E-state index contributed by atoms with van der Waals surface area (Å²) in [5.74, 6) is -0.564. The molecule has 1 amide bonds. The largest absolute Gasteiger partial charge is 0.323 e. The molecule has 0 bridgehead atoms. The number of para-hydroxylation sites is 1. The molecule has 1 rings (SSSR count). The predicted octanol–water partition coefficient (Wildman–Crippen LogP) is 2.07. The highest BCUT2D eigenvalue weighted by atomic mass is 19.1. The lowest BCUT2D eigenvalue weighted by molar-refractivity contribution is -0.116. The van der Waals surface area contributed by atoms with Gasteiger partial charge < -0.3 is 10.6 Å². The molecule has 88 valence electrons. The van der Waals surface area contributed by atoms with E-state index in [4.69, 9.17) is 0 Å². The van der Waals surface area contributed by atoms with Crippen molar-refractivity contribution in [2.75, 3.05) is 18.4 Å². The number of aryl methyl sites for hydroxylation is 1. The lowest BCUT2D eigenvalue weighted by Crippen LogP contribution is -2.22. The van der Waals surface area contributed by atoms with E-state index in [9.17, 15) is 9.18 Å². The van der Waals surface area contributed by atoms with Gasteiger partial charge in [-0.05, 0) is 25.1 Å². The Morgan fingerprint density at radius 3 is 2.81 bits per heavy atom. The molecule has 0 fully saturated rings. The van der Waals surface area contributed by atoms with Gasteiger partial charge in [0.05, 0.1) is 5.69 Å². The number of carbonyl (C=O) groups excluding carboxylic acids is 1. The molecule has 0 aliphatic heterocycles. The van der Waals surface area contributed by atoms with Crippen LogP contribution in [0.15, 0.2) is 18.2 Å². The highest BCUT2D eigenvalue weighted by Gasteiger charge is 2.08. The zero-order chi connectivity index (χ0) is 12.0. The summed E-state index contributed by atoms with van der Waals surface area (Å²) in [5.41, 5.74) is 1.01. The zero-order valence-electron chi connectivity index (χ0n) is 9.64. The van der Waals surface area contributed by atoms with Crippen LogP contribution in [0.1, 0.15) is 18.9 Å². The minimum atomic E-state index is -0.392. The molecule has 0 heterocycles. The summed E-state index contributed by atoms with van der Waals surface area (Å²) in [6.07, 6.45) is 0.349. The maximum absolute atomic E-state index is 13.4. The van der Waals surface area contributed by atoms with Gasteiger partial charge in [0.1, 0.15) is 5.82 Å². The van der Waals surface area contributed by atoms with E-state index in [2.05, 4.69) is 10.6 Å². The Labute approximate surface area is 95.0 Å². The molecule has 0 atom stereocenters. The fourth-order valence-electron chi connectivity index (χ4n) is 1.37. The number of carbonyl (C=O) groups is 1. The van der Waals surface area contributed by atoms with Crippen LogP contribution < -0.4 is 10.6 Å². The van der Waals surface area contributed by atoms with Gasteiger partial charge in [-0.1, -0.05) is 19.1 Å². The van der Waals surface area contributed by atoms with E-state index in [0.717, 1.165) is 12.1 Å².